The van der Waals surface area contributed by atoms with E-state index in [9.17, 15) is 0 Å². The molecule has 1 aliphatic rings. The van der Waals surface area contributed by atoms with Gasteiger partial charge < -0.3 is 15.5 Å². The lowest BCUT2D eigenvalue weighted by Crippen LogP contribution is -2.50. The predicted octanol–water partition coefficient (Wildman–Crippen LogP) is 0.209. The van der Waals surface area contributed by atoms with E-state index in [0.717, 1.165) is 25.3 Å². The van der Waals surface area contributed by atoms with E-state index in [1.54, 1.807) is 6.07 Å². The summed E-state index contributed by atoms with van der Waals surface area (Å²) in [6, 6.07) is 2.22. The molecule has 0 radical (unpaired) electrons. The minimum absolute atomic E-state index is 0.0103. The zero-order valence-electron chi connectivity index (χ0n) is 11.1. The Morgan fingerprint density at radius 1 is 1.44 bits per heavy atom. The average Bonchev–Trinajstić information content (AvgIpc) is 2.31. The highest BCUT2D eigenvalue weighted by Gasteiger charge is 2.23. The van der Waals surface area contributed by atoms with Gasteiger partial charge in [0.15, 0.2) is 0 Å². The van der Waals surface area contributed by atoms with Crippen LogP contribution in [0.3, 0.4) is 0 Å². The maximum Gasteiger partial charge on any atom is 0.226 e. The van der Waals surface area contributed by atoms with Crippen molar-refractivity contribution < 1.29 is 0 Å². The molecule has 6 heteroatoms. The number of anilines is 1. The van der Waals surface area contributed by atoms with Crippen LogP contribution in [0.25, 0.3) is 0 Å². The summed E-state index contributed by atoms with van der Waals surface area (Å²) >= 11 is 0. The van der Waals surface area contributed by atoms with E-state index in [4.69, 9.17) is 11.1 Å². The molecule has 6 nitrogen and oxygen atoms in total. The van der Waals surface area contributed by atoms with Gasteiger partial charge in [-0.2, -0.15) is 0 Å². The lowest BCUT2D eigenvalue weighted by atomic mass is 10.2. The fourth-order valence-corrected chi connectivity index (χ4v) is 2.06. The standard InChI is InChI=1S/C12H20N6/c1-8-6-10(11(13)14)16-12(15-8)18-5-4-17(3)9(2)7-18/h6,9H,4-5,7H2,1-3H3,(H3,13,14). The summed E-state index contributed by atoms with van der Waals surface area (Å²) in [6.07, 6.45) is 0. The summed E-state index contributed by atoms with van der Waals surface area (Å²) in [7, 11) is 2.13. The van der Waals surface area contributed by atoms with Crippen LogP contribution < -0.4 is 10.6 Å². The molecule has 1 unspecified atom stereocenters. The Morgan fingerprint density at radius 3 is 2.78 bits per heavy atom. The molecule has 1 fully saturated rings. The van der Waals surface area contributed by atoms with Crippen molar-refractivity contribution in [2.45, 2.75) is 19.9 Å². The van der Waals surface area contributed by atoms with Crippen LogP contribution in [-0.4, -0.2) is 53.4 Å². The van der Waals surface area contributed by atoms with Gasteiger partial charge in [-0.3, -0.25) is 5.41 Å². The van der Waals surface area contributed by atoms with Crippen LogP contribution in [0.15, 0.2) is 6.07 Å². The molecule has 18 heavy (non-hydrogen) atoms. The van der Waals surface area contributed by atoms with Gasteiger partial charge in [-0.15, -0.1) is 0 Å². The molecule has 0 saturated carbocycles. The smallest absolute Gasteiger partial charge is 0.226 e. The third-order valence-electron chi connectivity index (χ3n) is 3.36. The molecular weight excluding hydrogens is 228 g/mol. The zero-order chi connectivity index (χ0) is 13.3. The summed E-state index contributed by atoms with van der Waals surface area (Å²) in [4.78, 5) is 13.3. The molecule has 0 aliphatic carbocycles. The fraction of sp³-hybridized carbons (Fsp3) is 0.583. The molecule has 0 bridgehead atoms. The Hall–Kier alpha value is -1.69. The van der Waals surface area contributed by atoms with Crippen LogP contribution in [-0.2, 0) is 0 Å². The first-order valence-corrected chi connectivity index (χ1v) is 6.12. The normalized spacial score (nSPS) is 21.1. The van der Waals surface area contributed by atoms with Gasteiger partial charge in [0.2, 0.25) is 5.95 Å². The van der Waals surface area contributed by atoms with Crippen LogP contribution in [0.5, 0.6) is 0 Å². The Bertz CT molecular complexity index is 458. The average molecular weight is 248 g/mol. The number of nitrogens with one attached hydrogen (secondary N) is 1. The van der Waals surface area contributed by atoms with Crippen LogP contribution in [0.1, 0.15) is 18.3 Å². The van der Waals surface area contributed by atoms with E-state index in [-0.39, 0.29) is 5.84 Å². The fourth-order valence-electron chi connectivity index (χ4n) is 2.06. The molecule has 1 aromatic heterocycles. The number of aromatic nitrogens is 2. The van der Waals surface area contributed by atoms with E-state index in [0.29, 0.717) is 17.7 Å². The number of nitrogen functional groups attached to an aromatic ring is 1. The van der Waals surface area contributed by atoms with E-state index in [1.807, 2.05) is 6.92 Å². The molecule has 0 spiro atoms. The highest BCUT2D eigenvalue weighted by molar-refractivity contribution is 5.93. The molecular formula is C12H20N6. The van der Waals surface area contributed by atoms with Crippen LogP contribution in [0.4, 0.5) is 5.95 Å². The van der Waals surface area contributed by atoms with Crippen molar-refractivity contribution in [3.05, 3.63) is 17.5 Å². The summed E-state index contributed by atoms with van der Waals surface area (Å²) < 4.78 is 0. The number of likely N-dealkylation sites (N-methyl/N-ethyl adjacent to an activating group) is 1. The number of rotatable bonds is 2. The van der Waals surface area contributed by atoms with Gasteiger partial charge in [-0.25, -0.2) is 9.97 Å². The number of nitrogens with zero attached hydrogens (tertiary/aromatic N) is 4. The minimum Gasteiger partial charge on any atom is -0.382 e. The third kappa shape index (κ3) is 2.59. The topological polar surface area (TPSA) is 82.1 Å². The van der Waals surface area contributed by atoms with Gasteiger partial charge >= 0.3 is 0 Å². The van der Waals surface area contributed by atoms with Crippen molar-refractivity contribution in [3.8, 4) is 0 Å². The molecule has 2 rings (SSSR count). The Morgan fingerprint density at radius 2 is 2.17 bits per heavy atom. The number of hydrogen-bond donors (Lipinski definition) is 2. The summed E-state index contributed by atoms with van der Waals surface area (Å²) in [5.74, 6) is 0.670. The number of aryl methyl sites for hydroxylation is 1. The van der Waals surface area contributed by atoms with E-state index in [1.165, 1.54) is 0 Å². The maximum absolute atomic E-state index is 7.48. The lowest BCUT2D eigenvalue weighted by Gasteiger charge is -2.37. The molecule has 1 atom stereocenters. The first-order chi connectivity index (χ1) is 8.47. The SMILES string of the molecule is Cc1cc(C(=N)N)nc(N2CCN(C)C(C)C2)n1. The van der Waals surface area contributed by atoms with Crippen LogP contribution in [0, 0.1) is 12.3 Å². The first kappa shape index (κ1) is 12.8. The van der Waals surface area contributed by atoms with E-state index in [2.05, 4.69) is 33.7 Å². The number of hydrogen-bond acceptors (Lipinski definition) is 5. The van der Waals surface area contributed by atoms with Crippen molar-refractivity contribution in [2.24, 2.45) is 5.73 Å². The second kappa shape index (κ2) is 4.89. The monoisotopic (exact) mass is 248 g/mol. The second-order valence-corrected chi connectivity index (χ2v) is 4.88. The van der Waals surface area contributed by atoms with Crippen LogP contribution in [0.2, 0.25) is 0 Å². The number of nitrogens with two attached hydrogens (primary N) is 1. The highest BCUT2D eigenvalue weighted by atomic mass is 15.3. The molecule has 1 aromatic rings. The van der Waals surface area contributed by atoms with Gasteiger partial charge in [-0.05, 0) is 27.0 Å². The lowest BCUT2D eigenvalue weighted by molar-refractivity contribution is 0.232. The largest absolute Gasteiger partial charge is 0.382 e. The van der Waals surface area contributed by atoms with Crippen molar-refractivity contribution >= 4 is 11.8 Å². The number of piperazine rings is 1. The second-order valence-electron chi connectivity index (χ2n) is 4.88. The van der Waals surface area contributed by atoms with Gasteiger partial charge in [0.25, 0.3) is 0 Å². The van der Waals surface area contributed by atoms with Crippen molar-refractivity contribution in [1.82, 2.24) is 14.9 Å². The van der Waals surface area contributed by atoms with Gasteiger partial charge in [0, 0.05) is 31.4 Å². The minimum atomic E-state index is -0.0103. The quantitative estimate of drug-likeness (QED) is 0.577. The molecule has 1 saturated heterocycles. The highest BCUT2D eigenvalue weighted by Crippen LogP contribution is 2.15. The molecule has 2 heterocycles. The van der Waals surface area contributed by atoms with Crippen molar-refractivity contribution in [3.63, 3.8) is 0 Å². The molecule has 0 amide bonds. The Balaban J connectivity index is 2.25. The van der Waals surface area contributed by atoms with Crippen molar-refractivity contribution in [1.29, 1.82) is 5.41 Å². The summed E-state index contributed by atoms with van der Waals surface area (Å²) in [5.41, 5.74) is 6.84. The van der Waals surface area contributed by atoms with E-state index < -0.39 is 0 Å². The summed E-state index contributed by atoms with van der Waals surface area (Å²) in [5, 5.41) is 7.48. The Labute approximate surface area is 107 Å². The zero-order valence-corrected chi connectivity index (χ0v) is 11.1. The molecule has 0 aromatic carbocycles. The molecule has 1 aliphatic heterocycles. The third-order valence-corrected chi connectivity index (χ3v) is 3.36. The predicted molar refractivity (Wildman–Crippen MR) is 72.1 cm³/mol. The summed E-state index contributed by atoms with van der Waals surface area (Å²) in [6.45, 7) is 6.89. The van der Waals surface area contributed by atoms with Gasteiger partial charge in [0.1, 0.15) is 11.5 Å². The van der Waals surface area contributed by atoms with Gasteiger partial charge in [-0.1, -0.05) is 0 Å². The maximum atomic E-state index is 7.48. The van der Waals surface area contributed by atoms with Gasteiger partial charge in [0.05, 0.1) is 0 Å². The Kier molecular flexibility index (Phi) is 3.47. The van der Waals surface area contributed by atoms with Crippen LogP contribution >= 0.6 is 0 Å². The molecule has 3 N–H and O–H groups in total. The van der Waals surface area contributed by atoms with E-state index >= 15 is 0 Å². The first-order valence-electron chi connectivity index (χ1n) is 6.12. The van der Waals surface area contributed by atoms with Crippen molar-refractivity contribution in [2.75, 3.05) is 31.6 Å². The number of amidine groups is 1. The molecule has 98 valence electrons.